The number of hydrogen-bond donors (Lipinski definition) is 2. The SMILES string of the molecule is CCCNCCNC(=O)CCOc1ccccc1Cl. The van der Waals surface area contributed by atoms with Crippen LogP contribution in [0, 0.1) is 0 Å². The Kier molecular flexibility index (Phi) is 8.02. The summed E-state index contributed by atoms with van der Waals surface area (Å²) >= 11 is 5.94. The summed E-state index contributed by atoms with van der Waals surface area (Å²) in [4.78, 5) is 11.5. The van der Waals surface area contributed by atoms with Gasteiger partial charge in [0, 0.05) is 13.1 Å². The molecule has 0 saturated heterocycles. The average molecular weight is 285 g/mol. The van der Waals surface area contributed by atoms with E-state index < -0.39 is 0 Å². The Balaban J connectivity index is 2.09. The molecule has 0 aliphatic rings. The summed E-state index contributed by atoms with van der Waals surface area (Å²) in [6, 6.07) is 7.23. The standard InChI is InChI=1S/C14H21ClN2O2/c1-2-8-16-9-10-17-14(18)7-11-19-13-6-4-3-5-12(13)15/h3-6,16H,2,7-11H2,1H3,(H,17,18). The van der Waals surface area contributed by atoms with Crippen LogP contribution in [0.25, 0.3) is 0 Å². The van der Waals surface area contributed by atoms with Crippen molar-refractivity contribution in [3.63, 3.8) is 0 Å². The molecule has 0 fully saturated rings. The number of carbonyl (C=O) groups is 1. The first-order chi connectivity index (χ1) is 9.24. The maximum atomic E-state index is 11.5. The van der Waals surface area contributed by atoms with Crippen molar-refractivity contribution in [1.82, 2.24) is 10.6 Å². The van der Waals surface area contributed by atoms with E-state index in [9.17, 15) is 4.79 Å². The number of amides is 1. The average Bonchev–Trinajstić information content (AvgIpc) is 2.41. The highest BCUT2D eigenvalue weighted by molar-refractivity contribution is 6.32. The molecule has 1 rings (SSSR count). The van der Waals surface area contributed by atoms with Crippen molar-refractivity contribution in [1.29, 1.82) is 0 Å². The topological polar surface area (TPSA) is 50.4 Å². The van der Waals surface area contributed by atoms with E-state index in [1.54, 1.807) is 12.1 Å². The third kappa shape index (κ3) is 7.03. The summed E-state index contributed by atoms with van der Waals surface area (Å²) in [6.45, 7) is 4.86. The molecule has 1 aromatic carbocycles. The molecule has 2 N–H and O–H groups in total. The lowest BCUT2D eigenvalue weighted by Crippen LogP contribution is -2.32. The van der Waals surface area contributed by atoms with Gasteiger partial charge in [0.2, 0.25) is 5.91 Å². The first-order valence-electron chi connectivity index (χ1n) is 6.58. The van der Waals surface area contributed by atoms with Gasteiger partial charge in [0.05, 0.1) is 18.1 Å². The summed E-state index contributed by atoms with van der Waals surface area (Å²) in [5.41, 5.74) is 0. The molecule has 0 saturated carbocycles. The van der Waals surface area contributed by atoms with Crippen LogP contribution in [0.4, 0.5) is 0 Å². The summed E-state index contributed by atoms with van der Waals surface area (Å²) < 4.78 is 5.44. The summed E-state index contributed by atoms with van der Waals surface area (Å²) in [5, 5.41) is 6.61. The Labute approximate surface area is 119 Å². The number of benzene rings is 1. The molecule has 0 atom stereocenters. The number of ether oxygens (including phenoxy) is 1. The lowest BCUT2D eigenvalue weighted by molar-refractivity contribution is -0.121. The number of hydrogen-bond acceptors (Lipinski definition) is 3. The molecule has 0 heterocycles. The highest BCUT2D eigenvalue weighted by atomic mass is 35.5. The number of nitrogens with one attached hydrogen (secondary N) is 2. The number of halogens is 1. The van der Waals surface area contributed by atoms with Gasteiger partial charge in [0.1, 0.15) is 5.75 Å². The molecule has 0 spiro atoms. The first kappa shape index (κ1) is 15.8. The molecule has 106 valence electrons. The molecule has 5 heteroatoms. The maximum absolute atomic E-state index is 11.5. The third-order valence-corrected chi connectivity index (χ3v) is 2.79. The van der Waals surface area contributed by atoms with Gasteiger partial charge in [-0.2, -0.15) is 0 Å². The van der Waals surface area contributed by atoms with Gasteiger partial charge in [-0.25, -0.2) is 0 Å². The van der Waals surface area contributed by atoms with E-state index in [2.05, 4.69) is 17.6 Å². The third-order valence-electron chi connectivity index (χ3n) is 2.47. The van der Waals surface area contributed by atoms with E-state index in [-0.39, 0.29) is 5.91 Å². The second-order valence-electron chi connectivity index (χ2n) is 4.13. The maximum Gasteiger partial charge on any atom is 0.223 e. The van der Waals surface area contributed by atoms with E-state index in [4.69, 9.17) is 16.3 Å². The van der Waals surface area contributed by atoms with Gasteiger partial charge in [-0.3, -0.25) is 4.79 Å². The fraction of sp³-hybridized carbons (Fsp3) is 0.500. The molecule has 1 amide bonds. The molecule has 0 radical (unpaired) electrons. The Hall–Kier alpha value is -1.26. The minimum Gasteiger partial charge on any atom is -0.491 e. The van der Waals surface area contributed by atoms with Crippen LogP contribution in [0.3, 0.4) is 0 Å². The predicted molar refractivity (Wildman–Crippen MR) is 77.7 cm³/mol. The molecule has 0 aromatic heterocycles. The Bertz CT molecular complexity index is 385. The number of rotatable bonds is 9. The van der Waals surface area contributed by atoms with Crippen LogP contribution in [0.15, 0.2) is 24.3 Å². The zero-order chi connectivity index (χ0) is 13.9. The predicted octanol–water partition coefficient (Wildman–Crippen LogP) is 2.22. The fourth-order valence-corrected chi connectivity index (χ4v) is 1.69. The largest absolute Gasteiger partial charge is 0.491 e. The molecule has 0 aliphatic carbocycles. The highest BCUT2D eigenvalue weighted by Crippen LogP contribution is 2.22. The van der Waals surface area contributed by atoms with Crippen molar-refractivity contribution < 1.29 is 9.53 Å². The Morgan fingerprint density at radius 1 is 1.26 bits per heavy atom. The van der Waals surface area contributed by atoms with E-state index in [0.717, 1.165) is 19.5 Å². The highest BCUT2D eigenvalue weighted by Gasteiger charge is 2.03. The monoisotopic (exact) mass is 284 g/mol. The van der Waals surface area contributed by atoms with Gasteiger partial charge in [0.15, 0.2) is 0 Å². The van der Waals surface area contributed by atoms with E-state index in [1.165, 1.54) is 0 Å². The summed E-state index contributed by atoms with van der Waals surface area (Å²) in [5.74, 6) is 0.604. The summed E-state index contributed by atoms with van der Waals surface area (Å²) in [7, 11) is 0. The van der Waals surface area contributed by atoms with Crippen LogP contribution in [-0.4, -0.2) is 32.1 Å². The molecule has 4 nitrogen and oxygen atoms in total. The van der Waals surface area contributed by atoms with Crippen molar-refractivity contribution in [2.24, 2.45) is 0 Å². The molecular formula is C14H21ClN2O2. The van der Waals surface area contributed by atoms with E-state index in [1.807, 2.05) is 12.1 Å². The molecule has 0 aliphatic heterocycles. The van der Waals surface area contributed by atoms with Gasteiger partial charge < -0.3 is 15.4 Å². The molecular weight excluding hydrogens is 264 g/mol. The van der Waals surface area contributed by atoms with Gasteiger partial charge >= 0.3 is 0 Å². The number of para-hydroxylation sites is 1. The minimum atomic E-state index is -0.00893. The smallest absolute Gasteiger partial charge is 0.223 e. The molecule has 1 aromatic rings. The Morgan fingerprint density at radius 3 is 2.79 bits per heavy atom. The zero-order valence-electron chi connectivity index (χ0n) is 11.2. The van der Waals surface area contributed by atoms with Crippen molar-refractivity contribution in [3.05, 3.63) is 29.3 Å². The quantitative estimate of drug-likeness (QED) is 0.684. The van der Waals surface area contributed by atoms with Gasteiger partial charge in [0.25, 0.3) is 0 Å². The lowest BCUT2D eigenvalue weighted by atomic mass is 10.3. The van der Waals surface area contributed by atoms with Gasteiger partial charge in [-0.1, -0.05) is 30.7 Å². The van der Waals surface area contributed by atoms with Gasteiger partial charge in [-0.15, -0.1) is 0 Å². The van der Waals surface area contributed by atoms with Crippen LogP contribution in [-0.2, 0) is 4.79 Å². The lowest BCUT2D eigenvalue weighted by Gasteiger charge is -2.08. The zero-order valence-corrected chi connectivity index (χ0v) is 12.0. The molecule has 0 bridgehead atoms. The van der Waals surface area contributed by atoms with Crippen molar-refractivity contribution in [2.45, 2.75) is 19.8 Å². The van der Waals surface area contributed by atoms with Crippen LogP contribution < -0.4 is 15.4 Å². The first-order valence-corrected chi connectivity index (χ1v) is 6.96. The van der Waals surface area contributed by atoms with Crippen molar-refractivity contribution >= 4 is 17.5 Å². The Morgan fingerprint density at radius 2 is 2.05 bits per heavy atom. The van der Waals surface area contributed by atoms with E-state index in [0.29, 0.717) is 30.3 Å². The van der Waals surface area contributed by atoms with Crippen molar-refractivity contribution in [3.8, 4) is 5.75 Å². The van der Waals surface area contributed by atoms with Crippen LogP contribution in [0.5, 0.6) is 5.75 Å². The second-order valence-corrected chi connectivity index (χ2v) is 4.54. The van der Waals surface area contributed by atoms with Crippen LogP contribution in [0.1, 0.15) is 19.8 Å². The van der Waals surface area contributed by atoms with Gasteiger partial charge in [-0.05, 0) is 25.1 Å². The fourth-order valence-electron chi connectivity index (χ4n) is 1.50. The summed E-state index contributed by atoms with van der Waals surface area (Å²) in [6.07, 6.45) is 1.43. The van der Waals surface area contributed by atoms with Crippen LogP contribution >= 0.6 is 11.6 Å². The normalized spacial score (nSPS) is 10.2. The van der Waals surface area contributed by atoms with Crippen molar-refractivity contribution in [2.75, 3.05) is 26.2 Å². The molecule has 0 unspecified atom stereocenters. The minimum absolute atomic E-state index is 0.00893. The van der Waals surface area contributed by atoms with E-state index >= 15 is 0 Å². The second kappa shape index (κ2) is 9.64. The molecule has 19 heavy (non-hydrogen) atoms. The van der Waals surface area contributed by atoms with Crippen LogP contribution in [0.2, 0.25) is 5.02 Å². The number of carbonyl (C=O) groups excluding carboxylic acids is 1.